The molecule has 0 radical (unpaired) electrons. The molecular weight excluding hydrogens is 232 g/mol. The molecule has 0 saturated heterocycles. The van der Waals surface area contributed by atoms with Crippen molar-refractivity contribution < 1.29 is 4.79 Å². The van der Waals surface area contributed by atoms with Gasteiger partial charge in [0.25, 0.3) is 0 Å². The summed E-state index contributed by atoms with van der Waals surface area (Å²) in [6, 6.07) is 0. The number of rotatable bonds is 6. The fourth-order valence-electron chi connectivity index (χ4n) is 2.31. The third-order valence-corrected chi connectivity index (χ3v) is 4.49. The Kier molecular flexibility index (Phi) is 4.83. The highest BCUT2D eigenvalue weighted by Crippen LogP contribution is 2.25. The van der Waals surface area contributed by atoms with Crippen molar-refractivity contribution in [2.45, 2.75) is 45.6 Å². The van der Waals surface area contributed by atoms with E-state index in [2.05, 4.69) is 23.7 Å². The maximum atomic E-state index is 12.5. The Morgan fingerprint density at radius 3 is 2.35 bits per heavy atom. The predicted octanol–water partition coefficient (Wildman–Crippen LogP) is 2.68. The molecule has 0 unspecified atom stereocenters. The van der Waals surface area contributed by atoms with Crippen molar-refractivity contribution in [2.75, 3.05) is 14.1 Å². The molecule has 0 saturated carbocycles. The number of nitrogens with zero attached hydrogens (tertiary/aromatic N) is 2. The van der Waals surface area contributed by atoms with E-state index in [0.717, 1.165) is 23.5 Å². The van der Waals surface area contributed by atoms with E-state index in [1.165, 1.54) is 0 Å². The zero-order valence-corrected chi connectivity index (χ0v) is 12.2. The standard InChI is InChI=1S/C13H22N2OS/c1-6-13(7-2,15(4)5)11(16)8-12-14-10(3)9-17-12/h9H,6-8H2,1-5H3. The maximum Gasteiger partial charge on any atom is 0.159 e. The molecule has 0 aliphatic carbocycles. The van der Waals surface area contributed by atoms with Crippen LogP contribution in [-0.4, -0.2) is 35.3 Å². The Bertz CT molecular complexity index is 381. The number of Topliss-reactive ketones (excluding diaryl/α,β-unsaturated/α-hetero) is 1. The molecule has 96 valence electrons. The summed E-state index contributed by atoms with van der Waals surface area (Å²) in [5.41, 5.74) is 0.667. The number of carbonyl (C=O) groups is 1. The number of aryl methyl sites for hydroxylation is 1. The smallest absolute Gasteiger partial charge is 0.159 e. The fourth-order valence-corrected chi connectivity index (χ4v) is 3.08. The molecule has 0 atom stereocenters. The Morgan fingerprint density at radius 2 is 2.00 bits per heavy atom. The first kappa shape index (κ1) is 14.3. The quantitative estimate of drug-likeness (QED) is 0.782. The van der Waals surface area contributed by atoms with Crippen LogP contribution in [0.25, 0.3) is 0 Å². The Morgan fingerprint density at radius 1 is 1.41 bits per heavy atom. The minimum Gasteiger partial charge on any atom is -0.297 e. The van der Waals surface area contributed by atoms with Gasteiger partial charge in [-0.15, -0.1) is 11.3 Å². The highest BCUT2D eigenvalue weighted by molar-refractivity contribution is 7.09. The predicted molar refractivity (Wildman–Crippen MR) is 72.6 cm³/mol. The normalized spacial score (nSPS) is 12.1. The van der Waals surface area contributed by atoms with E-state index in [-0.39, 0.29) is 11.3 Å². The van der Waals surface area contributed by atoms with E-state index in [1.54, 1.807) is 11.3 Å². The molecule has 4 heteroatoms. The van der Waals surface area contributed by atoms with Gasteiger partial charge in [-0.3, -0.25) is 9.69 Å². The molecule has 0 aliphatic heterocycles. The van der Waals surface area contributed by atoms with Gasteiger partial charge in [0.05, 0.1) is 12.0 Å². The number of likely N-dealkylation sites (N-methyl/N-ethyl adjacent to an activating group) is 1. The van der Waals surface area contributed by atoms with Crippen LogP contribution >= 0.6 is 11.3 Å². The fraction of sp³-hybridized carbons (Fsp3) is 0.692. The second-order valence-electron chi connectivity index (χ2n) is 4.62. The molecule has 0 amide bonds. The van der Waals surface area contributed by atoms with Crippen LogP contribution in [0, 0.1) is 6.92 Å². The van der Waals surface area contributed by atoms with Gasteiger partial charge >= 0.3 is 0 Å². The Balaban J connectivity index is 2.86. The average molecular weight is 254 g/mol. The van der Waals surface area contributed by atoms with E-state index in [9.17, 15) is 4.79 Å². The molecule has 1 aromatic heterocycles. The molecule has 17 heavy (non-hydrogen) atoms. The molecule has 0 aliphatic rings. The van der Waals surface area contributed by atoms with Crippen molar-refractivity contribution >= 4 is 17.1 Å². The summed E-state index contributed by atoms with van der Waals surface area (Å²) < 4.78 is 0. The first-order valence-electron chi connectivity index (χ1n) is 6.08. The van der Waals surface area contributed by atoms with Crippen LogP contribution in [-0.2, 0) is 11.2 Å². The lowest BCUT2D eigenvalue weighted by Gasteiger charge is -2.36. The van der Waals surface area contributed by atoms with E-state index >= 15 is 0 Å². The zero-order chi connectivity index (χ0) is 13.1. The highest BCUT2D eigenvalue weighted by Gasteiger charge is 2.36. The molecule has 0 aromatic carbocycles. The minimum absolute atomic E-state index is 0.279. The molecule has 3 nitrogen and oxygen atoms in total. The van der Waals surface area contributed by atoms with Crippen molar-refractivity contribution in [1.82, 2.24) is 9.88 Å². The van der Waals surface area contributed by atoms with Crippen LogP contribution in [0.3, 0.4) is 0 Å². The van der Waals surface area contributed by atoms with Gasteiger partial charge in [0.15, 0.2) is 5.78 Å². The number of thiazole rings is 1. The average Bonchev–Trinajstić information content (AvgIpc) is 2.66. The lowest BCUT2D eigenvalue weighted by atomic mass is 9.85. The van der Waals surface area contributed by atoms with Gasteiger partial charge in [-0.25, -0.2) is 4.98 Å². The number of hydrogen-bond donors (Lipinski definition) is 0. The van der Waals surface area contributed by atoms with Gasteiger partial charge in [-0.1, -0.05) is 13.8 Å². The van der Waals surface area contributed by atoms with Crippen LogP contribution in [0.5, 0.6) is 0 Å². The topological polar surface area (TPSA) is 33.2 Å². The molecular formula is C13H22N2OS. The number of ketones is 1. The summed E-state index contributed by atoms with van der Waals surface area (Å²) in [6.07, 6.45) is 2.15. The summed E-state index contributed by atoms with van der Waals surface area (Å²) in [7, 11) is 3.97. The molecule has 0 spiro atoms. The molecule has 0 N–H and O–H groups in total. The molecule has 0 fully saturated rings. The lowest BCUT2D eigenvalue weighted by Crippen LogP contribution is -2.50. The number of carbonyl (C=O) groups excluding carboxylic acids is 1. The van der Waals surface area contributed by atoms with E-state index in [4.69, 9.17) is 0 Å². The lowest BCUT2D eigenvalue weighted by molar-refractivity contribution is -0.129. The van der Waals surface area contributed by atoms with Crippen molar-refractivity contribution in [2.24, 2.45) is 0 Å². The number of aromatic nitrogens is 1. The monoisotopic (exact) mass is 254 g/mol. The SMILES string of the molecule is CCC(CC)(C(=O)Cc1nc(C)cs1)N(C)C. The molecule has 1 rings (SSSR count). The van der Waals surface area contributed by atoms with Gasteiger partial charge in [0.2, 0.25) is 0 Å². The van der Waals surface area contributed by atoms with Crippen molar-refractivity contribution in [3.8, 4) is 0 Å². The van der Waals surface area contributed by atoms with Crippen molar-refractivity contribution in [1.29, 1.82) is 0 Å². The Labute approximate surface area is 108 Å². The number of hydrogen-bond acceptors (Lipinski definition) is 4. The van der Waals surface area contributed by atoms with E-state index < -0.39 is 0 Å². The molecule has 0 bridgehead atoms. The van der Waals surface area contributed by atoms with Crippen LogP contribution in [0.1, 0.15) is 37.4 Å². The molecule has 1 aromatic rings. The van der Waals surface area contributed by atoms with E-state index in [0.29, 0.717) is 6.42 Å². The van der Waals surface area contributed by atoms with Crippen molar-refractivity contribution in [3.05, 3.63) is 16.1 Å². The summed E-state index contributed by atoms with van der Waals surface area (Å²) >= 11 is 1.58. The summed E-state index contributed by atoms with van der Waals surface area (Å²) in [6.45, 7) is 6.12. The van der Waals surface area contributed by atoms with Gasteiger partial charge in [0.1, 0.15) is 5.01 Å². The van der Waals surface area contributed by atoms with Gasteiger partial charge < -0.3 is 0 Å². The second kappa shape index (κ2) is 5.74. The first-order chi connectivity index (χ1) is 7.96. The van der Waals surface area contributed by atoms with Crippen molar-refractivity contribution in [3.63, 3.8) is 0 Å². The Hall–Kier alpha value is -0.740. The van der Waals surface area contributed by atoms with Crippen LogP contribution < -0.4 is 0 Å². The maximum absolute atomic E-state index is 12.5. The highest BCUT2D eigenvalue weighted by atomic mass is 32.1. The summed E-state index contributed by atoms with van der Waals surface area (Å²) in [5.74, 6) is 0.279. The first-order valence-corrected chi connectivity index (χ1v) is 6.96. The summed E-state index contributed by atoms with van der Waals surface area (Å²) in [5, 5.41) is 2.93. The second-order valence-corrected chi connectivity index (χ2v) is 5.56. The molecule has 1 heterocycles. The van der Waals surface area contributed by atoms with E-state index in [1.807, 2.05) is 26.4 Å². The van der Waals surface area contributed by atoms with Crippen LogP contribution in [0.4, 0.5) is 0 Å². The van der Waals surface area contributed by atoms with Crippen LogP contribution in [0.15, 0.2) is 5.38 Å². The largest absolute Gasteiger partial charge is 0.297 e. The summed E-state index contributed by atoms with van der Waals surface area (Å²) in [4.78, 5) is 18.9. The zero-order valence-electron chi connectivity index (χ0n) is 11.4. The third-order valence-electron chi connectivity index (χ3n) is 3.52. The van der Waals surface area contributed by atoms with Gasteiger partial charge in [-0.2, -0.15) is 0 Å². The van der Waals surface area contributed by atoms with Gasteiger partial charge in [0, 0.05) is 11.1 Å². The minimum atomic E-state index is -0.334. The van der Waals surface area contributed by atoms with Crippen LogP contribution in [0.2, 0.25) is 0 Å². The van der Waals surface area contributed by atoms with Gasteiger partial charge in [-0.05, 0) is 33.9 Å². The third kappa shape index (κ3) is 2.93.